The van der Waals surface area contributed by atoms with Crippen LogP contribution in [0.3, 0.4) is 0 Å². The van der Waals surface area contributed by atoms with Crippen LogP contribution in [0.5, 0.6) is 0 Å². The molecule has 6 heteroatoms. The third kappa shape index (κ3) is 4.07. The third-order valence-electron chi connectivity index (χ3n) is 3.45. The van der Waals surface area contributed by atoms with Crippen molar-refractivity contribution in [1.29, 1.82) is 0 Å². The second kappa shape index (κ2) is 6.30. The molecule has 0 aliphatic heterocycles. The zero-order valence-electron chi connectivity index (χ0n) is 12.9. The Morgan fingerprint density at radius 2 is 2.29 bits per heavy atom. The zero-order chi connectivity index (χ0) is 15.5. The molecule has 21 heavy (non-hydrogen) atoms. The highest BCUT2D eigenvalue weighted by Crippen LogP contribution is 2.26. The van der Waals surface area contributed by atoms with Gasteiger partial charge in [0.2, 0.25) is 0 Å². The van der Waals surface area contributed by atoms with Gasteiger partial charge in [0.25, 0.3) is 0 Å². The van der Waals surface area contributed by atoms with E-state index in [0.29, 0.717) is 6.54 Å². The molecule has 0 aliphatic rings. The van der Waals surface area contributed by atoms with Gasteiger partial charge in [-0.2, -0.15) is 5.10 Å². The molecule has 5 nitrogen and oxygen atoms in total. The molecular formula is C15H22N4OS. The lowest BCUT2D eigenvalue weighted by Crippen LogP contribution is -2.42. The van der Waals surface area contributed by atoms with Crippen LogP contribution in [-0.4, -0.2) is 22.4 Å². The van der Waals surface area contributed by atoms with E-state index in [0.717, 1.165) is 5.56 Å². The summed E-state index contributed by atoms with van der Waals surface area (Å²) in [4.78, 5) is 13.3. The van der Waals surface area contributed by atoms with Crippen LogP contribution >= 0.6 is 11.3 Å². The molecule has 0 aromatic carbocycles. The molecule has 0 fully saturated rings. The number of thiophene rings is 1. The van der Waals surface area contributed by atoms with Crippen LogP contribution in [-0.2, 0) is 12.5 Å². The van der Waals surface area contributed by atoms with Crippen molar-refractivity contribution in [2.24, 2.45) is 7.05 Å². The lowest BCUT2D eigenvalue weighted by molar-refractivity contribution is 0.235. The molecule has 0 unspecified atom stereocenters. The van der Waals surface area contributed by atoms with Crippen LogP contribution in [0.15, 0.2) is 29.9 Å². The molecule has 0 saturated carbocycles. The van der Waals surface area contributed by atoms with Crippen LogP contribution in [0.25, 0.3) is 0 Å². The molecule has 2 heterocycles. The van der Waals surface area contributed by atoms with E-state index < -0.39 is 0 Å². The van der Waals surface area contributed by atoms with Crippen molar-refractivity contribution in [3.63, 3.8) is 0 Å². The summed E-state index contributed by atoms with van der Waals surface area (Å²) in [5.74, 6) is 0. The van der Waals surface area contributed by atoms with Gasteiger partial charge in [-0.3, -0.25) is 4.68 Å². The predicted molar refractivity (Wildman–Crippen MR) is 85.5 cm³/mol. The molecule has 0 radical (unpaired) electrons. The molecule has 2 aromatic heterocycles. The van der Waals surface area contributed by atoms with E-state index in [-0.39, 0.29) is 17.5 Å². The summed E-state index contributed by atoms with van der Waals surface area (Å²) in [6.45, 7) is 6.80. The maximum atomic E-state index is 12.0. The molecule has 2 amide bonds. The highest BCUT2D eigenvalue weighted by atomic mass is 32.1. The normalized spacial score (nSPS) is 13.0. The number of hydrogen-bond donors (Lipinski definition) is 2. The maximum absolute atomic E-state index is 12.0. The highest BCUT2D eigenvalue weighted by molar-refractivity contribution is 7.10. The Balaban J connectivity index is 1.85. The number of nitrogens with zero attached hydrogens (tertiary/aromatic N) is 2. The highest BCUT2D eigenvalue weighted by Gasteiger charge is 2.22. The Labute approximate surface area is 129 Å². The summed E-state index contributed by atoms with van der Waals surface area (Å²) < 4.78 is 1.73. The molecule has 0 spiro atoms. The van der Waals surface area contributed by atoms with Crippen LogP contribution < -0.4 is 10.6 Å². The number of carbonyl (C=O) groups is 1. The average Bonchev–Trinajstić information content (AvgIpc) is 3.07. The molecule has 2 N–H and O–H groups in total. The summed E-state index contributed by atoms with van der Waals surface area (Å²) in [6, 6.07) is 3.91. The molecule has 114 valence electrons. The Hall–Kier alpha value is -1.82. The second-order valence-corrected chi connectivity index (χ2v) is 6.80. The zero-order valence-corrected chi connectivity index (χ0v) is 13.7. The van der Waals surface area contributed by atoms with Crippen molar-refractivity contribution >= 4 is 17.4 Å². The van der Waals surface area contributed by atoms with Gasteiger partial charge in [0.05, 0.1) is 12.2 Å². The van der Waals surface area contributed by atoms with Crippen LogP contribution in [0.2, 0.25) is 0 Å². The van der Waals surface area contributed by atoms with Gasteiger partial charge in [-0.05, 0) is 18.4 Å². The van der Waals surface area contributed by atoms with Crippen molar-refractivity contribution in [2.75, 3.05) is 6.54 Å². The average molecular weight is 306 g/mol. The summed E-state index contributed by atoms with van der Waals surface area (Å²) in [6.07, 6.45) is 3.67. The second-order valence-electron chi connectivity index (χ2n) is 5.86. The van der Waals surface area contributed by atoms with E-state index in [1.54, 1.807) is 22.2 Å². The minimum Gasteiger partial charge on any atom is -0.337 e. The molecule has 2 rings (SSSR count). The standard InChI is InChI=1S/C15H22N4OS/c1-11(12-8-17-19(4)9-12)18-14(20)16-10-15(2,3)13-6-5-7-21-13/h5-9,11H,10H2,1-4H3,(H2,16,18,20)/t11-/m1/s1. The largest absolute Gasteiger partial charge is 0.337 e. The monoisotopic (exact) mass is 306 g/mol. The smallest absolute Gasteiger partial charge is 0.315 e. The molecule has 0 saturated heterocycles. The molecule has 0 aliphatic carbocycles. The van der Waals surface area contributed by atoms with Crippen molar-refractivity contribution in [3.05, 3.63) is 40.3 Å². The molecule has 1 atom stereocenters. The van der Waals surface area contributed by atoms with E-state index in [1.165, 1.54) is 4.88 Å². The lowest BCUT2D eigenvalue weighted by Gasteiger charge is -2.24. The fourth-order valence-electron chi connectivity index (χ4n) is 2.05. The Kier molecular flexibility index (Phi) is 4.67. The van der Waals surface area contributed by atoms with Crippen molar-refractivity contribution < 1.29 is 4.79 Å². The van der Waals surface area contributed by atoms with Gasteiger partial charge in [-0.25, -0.2) is 4.79 Å². The topological polar surface area (TPSA) is 59.0 Å². The van der Waals surface area contributed by atoms with Gasteiger partial charge in [0.1, 0.15) is 0 Å². The molecular weight excluding hydrogens is 284 g/mol. The van der Waals surface area contributed by atoms with Crippen molar-refractivity contribution in [1.82, 2.24) is 20.4 Å². The number of urea groups is 1. The number of carbonyl (C=O) groups excluding carboxylic acids is 1. The minimum atomic E-state index is -0.156. The number of aryl methyl sites for hydroxylation is 1. The van der Waals surface area contributed by atoms with E-state index in [2.05, 4.69) is 41.0 Å². The van der Waals surface area contributed by atoms with E-state index in [9.17, 15) is 4.79 Å². The fraction of sp³-hybridized carbons (Fsp3) is 0.467. The first-order chi connectivity index (χ1) is 9.88. The quantitative estimate of drug-likeness (QED) is 0.892. The van der Waals surface area contributed by atoms with E-state index in [4.69, 9.17) is 0 Å². The Bertz CT molecular complexity index is 589. The SMILES string of the molecule is C[C@@H](NC(=O)NCC(C)(C)c1cccs1)c1cnn(C)c1. The van der Waals surface area contributed by atoms with Gasteiger partial charge in [-0.15, -0.1) is 11.3 Å². The number of amides is 2. The summed E-state index contributed by atoms with van der Waals surface area (Å²) in [7, 11) is 1.86. The van der Waals surface area contributed by atoms with E-state index >= 15 is 0 Å². The summed E-state index contributed by atoms with van der Waals surface area (Å²) in [5.41, 5.74) is 0.924. The van der Waals surface area contributed by atoms with Crippen LogP contribution in [0.1, 0.15) is 37.3 Å². The van der Waals surface area contributed by atoms with Gasteiger partial charge in [0.15, 0.2) is 0 Å². The van der Waals surface area contributed by atoms with Crippen molar-refractivity contribution in [2.45, 2.75) is 32.2 Å². The minimum absolute atomic E-state index is 0.0662. The molecule has 0 bridgehead atoms. The lowest BCUT2D eigenvalue weighted by atomic mass is 9.91. The van der Waals surface area contributed by atoms with Gasteiger partial charge in [0, 0.05) is 35.6 Å². The predicted octanol–water partition coefficient (Wildman–Crippen LogP) is 2.82. The Morgan fingerprint density at radius 3 is 2.86 bits per heavy atom. The van der Waals surface area contributed by atoms with Gasteiger partial charge in [-0.1, -0.05) is 19.9 Å². The number of nitrogens with one attached hydrogen (secondary N) is 2. The Morgan fingerprint density at radius 1 is 1.52 bits per heavy atom. The first-order valence-corrected chi connectivity index (χ1v) is 7.83. The summed E-state index contributed by atoms with van der Waals surface area (Å²) in [5, 5.41) is 12.0. The summed E-state index contributed by atoms with van der Waals surface area (Å²) >= 11 is 1.71. The van der Waals surface area contributed by atoms with Crippen LogP contribution in [0.4, 0.5) is 4.79 Å². The molecule has 2 aromatic rings. The first-order valence-electron chi connectivity index (χ1n) is 6.95. The third-order valence-corrected chi connectivity index (χ3v) is 4.69. The maximum Gasteiger partial charge on any atom is 0.315 e. The number of aromatic nitrogens is 2. The first kappa shape index (κ1) is 15.6. The van der Waals surface area contributed by atoms with Gasteiger partial charge < -0.3 is 10.6 Å². The van der Waals surface area contributed by atoms with Crippen LogP contribution in [0, 0.1) is 0 Å². The van der Waals surface area contributed by atoms with Gasteiger partial charge >= 0.3 is 6.03 Å². The van der Waals surface area contributed by atoms with Crippen molar-refractivity contribution in [3.8, 4) is 0 Å². The fourth-order valence-corrected chi connectivity index (χ4v) is 2.90. The van der Waals surface area contributed by atoms with E-state index in [1.807, 2.05) is 26.2 Å². The number of rotatable bonds is 5. The number of hydrogen-bond acceptors (Lipinski definition) is 3.